The van der Waals surface area contributed by atoms with Gasteiger partial charge in [0.05, 0.1) is 11.7 Å². The number of benzene rings is 1. The molecule has 1 aliphatic heterocycles. The van der Waals surface area contributed by atoms with Crippen molar-refractivity contribution in [1.29, 1.82) is 0 Å². The second kappa shape index (κ2) is 6.11. The third-order valence-electron chi connectivity index (χ3n) is 3.31. The molecule has 112 valence electrons. The van der Waals surface area contributed by atoms with Gasteiger partial charge in [0.15, 0.2) is 9.84 Å². The first-order valence-electron chi connectivity index (χ1n) is 6.12. The molecule has 0 saturated heterocycles. The van der Waals surface area contributed by atoms with Crippen molar-refractivity contribution in [2.24, 2.45) is 0 Å². The van der Waals surface area contributed by atoms with E-state index in [9.17, 15) is 13.2 Å². The van der Waals surface area contributed by atoms with Gasteiger partial charge in [0, 0.05) is 6.54 Å². The van der Waals surface area contributed by atoms with Crippen molar-refractivity contribution in [1.82, 2.24) is 5.32 Å². The van der Waals surface area contributed by atoms with E-state index < -0.39 is 26.4 Å². The van der Waals surface area contributed by atoms with Crippen LogP contribution in [-0.4, -0.2) is 24.7 Å². The number of carboxylic acid groups (broad SMARTS) is 1. The molecule has 7 heteroatoms. The summed E-state index contributed by atoms with van der Waals surface area (Å²) in [5, 5.41) is 10.6. The minimum absolute atomic E-state index is 0. The van der Waals surface area contributed by atoms with Gasteiger partial charge in [0.1, 0.15) is 5.37 Å². The minimum atomic E-state index is -3.25. The molecule has 0 amide bonds. The minimum Gasteiger partial charge on any atom is -0.481 e. The molecular formula is C13H18ClNO4S. The van der Waals surface area contributed by atoms with Gasteiger partial charge in [-0.05, 0) is 30.5 Å². The van der Waals surface area contributed by atoms with Crippen molar-refractivity contribution in [3.8, 4) is 0 Å². The van der Waals surface area contributed by atoms with E-state index in [0.717, 1.165) is 11.1 Å². The summed E-state index contributed by atoms with van der Waals surface area (Å²) in [5.74, 6) is -0.891. The fraction of sp³-hybridized carbons (Fsp3) is 0.462. The second-order valence-electron chi connectivity index (χ2n) is 5.00. The lowest BCUT2D eigenvalue weighted by Crippen LogP contribution is -2.28. The molecule has 1 unspecified atom stereocenters. The van der Waals surface area contributed by atoms with Crippen molar-refractivity contribution in [3.05, 3.63) is 34.9 Å². The summed E-state index contributed by atoms with van der Waals surface area (Å²) < 4.78 is 24.4. The molecule has 2 rings (SSSR count). The van der Waals surface area contributed by atoms with Crippen LogP contribution in [0.1, 0.15) is 35.9 Å². The van der Waals surface area contributed by atoms with Crippen LogP contribution in [-0.2, 0) is 27.6 Å². The van der Waals surface area contributed by atoms with E-state index in [1.807, 2.05) is 0 Å². The third-order valence-corrected chi connectivity index (χ3v) is 5.70. The first-order valence-corrected chi connectivity index (χ1v) is 7.73. The molecule has 0 aliphatic carbocycles. The van der Waals surface area contributed by atoms with E-state index in [1.165, 1.54) is 0 Å². The maximum absolute atomic E-state index is 12.2. The van der Waals surface area contributed by atoms with Gasteiger partial charge in [0.2, 0.25) is 0 Å². The van der Waals surface area contributed by atoms with Crippen LogP contribution in [0.3, 0.4) is 0 Å². The standard InChI is InChI=1S/C13H17NO4S.ClH/c1-8(2)19(17,18)13-11-4-3-9(6-12(15)16)5-10(11)7-14-13;/h3-5,8,13-14H,6-7H2,1-2H3,(H,15,16);1H. The van der Waals surface area contributed by atoms with Gasteiger partial charge < -0.3 is 5.11 Å². The Balaban J connectivity index is 0.00000200. The molecule has 0 aromatic heterocycles. The highest BCUT2D eigenvalue weighted by Gasteiger charge is 2.35. The first kappa shape index (κ1) is 16.9. The Labute approximate surface area is 124 Å². The number of fused-ring (bicyclic) bond motifs is 1. The summed E-state index contributed by atoms with van der Waals surface area (Å²) in [4.78, 5) is 10.7. The molecule has 1 aliphatic rings. The van der Waals surface area contributed by atoms with Gasteiger partial charge in [-0.1, -0.05) is 18.2 Å². The number of carboxylic acids is 1. The van der Waals surface area contributed by atoms with Crippen LogP contribution in [0.4, 0.5) is 0 Å². The molecule has 1 heterocycles. The Morgan fingerprint density at radius 1 is 1.45 bits per heavy atom. The Kier molecular flexibility index (Phi) is 5.18. The van der Waals surface area contributed by atoms with Crippen molar-refractivity contribution in [2.75, 3.05) is 0 Å². The summed E-state index contributed by atoms with van der Waals surface area (Å²) in [6.45, 7) is 3.78. The van der Waals surface area contributed by atoms with Gasteiger partial charge >= 0.3 is 5.97 Å². The molecule has 0 radical (unpaired) electrons. The zero-order valence-corrected chi connectivity index (χ0v) is 12.9. The number of aliphatic carboxylic acids is 1. The molecule has 1 aromatic rings. The fourth-order valence-electron chi connectivity index (χ4n) is 2.23. The smallest absolute Gasteiger partial charge is 0.307 e. The Bertz CT molecular complexity index is 613. The lowest BCUT2D eigenvalue weighted by atomic mass is 10.0. The lowest BCUT2D eigenvalue weighted by molar-refractivity contribution is -0.136. The molecule has 2 N–H and O–H groups in total. The van der Waals surface area contributed by atoms with E-state index in [2.05, 4.69) is 5.32 Å². The summed E-state index contributed by atoms with van der Waals surface area (Å²) in [6.07, 6.45) is -0.0467. The van der Waals surface area contributed by atoms with Crippen LogP contribution >= 0.6 is 12.4 Å². The van der Waals surface area contributed by atoms with Gasteiger partial charge in [-0.2, -0.15) is 0 Å². The summed E-state index contributed by atoms with van der Waals surface area (Å²) in [7, 11) is -3.25. The van der Waals surface area contributed by atoms with Crippen molar-refractivity contribution in [2.45, 2.75) is 37.4 Å². The van der Waals surface area contributed by atoms with Crippen molar-refractivity contribution in [3.63, 3.8) is 0 Å². The van der Waals surface area contributed by atoms with E-state index in [1.54, 1.807) is 32.0 Å². The quantitative estimate of drug-likeness (QED) is 0.882. The number of rotatable bonds is 4. The highest BCUT2D eigenvalue weighted by Crippen LogP contribution is 2.32. The summed E-state index contributed by atoms with van der Waals surface area (Å²) >= 11 is 0. The van der Waals surface area contributed by atoms with Gasteiger partial charge in [-0.25, -0.2) is 8.42 Å². The third kappa shape index (κ3) is 3.13. The molecule has 0 bridgehead atoms. The van der Waals surface area contributed by atoms with Crippen molar-refractivity contribution < 1.29 is 18.3 Å². The van der Waals surface area contributed by atoms with Crippen LogP contribution in [0, 0.1) is 0 Å². The molecular weight excluding hydrogens is 302 g/mol. The Morgan fingerprint density at radius 2 is 2.10 bits per heavy atom. The van der Waals surface area contributed by atoms with E-state index in [4.69, 9.17) is 5.11 Å². The predicted molar refractivity (Wildman–Crippen MR) is 78.7 cm³/mol. The predicted octanol–water partition coefficient (Wildman–Crippen LogP) is 1.66. The van der Waals surface area contributed by atoms with Crippen LogP contribution in [0.2, 0.25) is 0 Å². The molecule has 0 spiro atoms. The molecule has 0 fully saturated rings. The van der Waals surface area contributed by atoms with E-state index in [0.29, 0.717) is 12.1 Å². The van der Waals surface area contributed by atoms with Gasteiger partial charge in [0.25, 0.3) is 0 Å². The van der Waals surface area contributed by atoms with E-state index >= 15 is 0 Å². The second-order valence-corrected chi connectivity index (χ2v) is 7.59. The average molecular weight is 320 g/mol. The van der Waals surface area contributed by atoms with Gasteiger partial charge in [-0.3, -0.25) is 10.1 Å². The zero-order valence-electron chi connectivity index (χ0n) is 11.3. The van der Waals surface area contributed by atoms with Crippen LogP contribution in [0.25, 0.3) is 0 Å². The summed E-state index contributed by atoms with van der Waals surface area (Å²) in [5.41, 5.74) is 2.30. The van der Waals surface area contributed by atoms with Crippen molar-refractivity contribution >= 4 is 28.2 Å². The molecule has 1 aromatic carbocycles. The average Bonchev–Trinajstić information content (AvgIpc) is 2.71. The molecule has 5 nitrogen and oxygen atoms in total. The normalized spacial score (nSPS) is 17.6. The number of hydrogen-bond acceptors (Lipinski definition) is 4. The number of halogens is 1. The van der Waals surface area contributed by atoms with E-state index in [-0.39, 0.29) is 18.8 Å². The number of nitrogens with one attached hydrogen (secondary N) is 1. The van der Waals surface area contributed by atoms with Crippen LogP contribution in [0.15, 0.2) is 18.2 Å². The summed E-state index contributed by atoms with van der Waals surface area (Å²) in [6, 6.07) is 5.17. The fourth-order valence-corrected chi connectivity index (χ4v) is 3.67. The lowest BCUT2D eigenvalue weighted by Gasteiger charge is -2.16. The zero-order chi connectivity index (χ0) is 14.2. The Hall–Kier alpha value is -1.11. The van der Waals surface area contributed by atoms with Crippen LogP contribution in [0.5, 0.6) is 0 Å². The molecule has 0 saturated carbocycles. The highest BCUT2D eigenvalue weighted by molar-refractivity contribution is 7.92. The SMILES string of the molecule is CC(C)S(=O)(=O)C1NCc2cc(CC(=O)O)ccc21.Cl. The monoisotopic (exact) mass is 319 g/mol. The Morgan fingerprint density at radius 3 is 2.65 bits per heavy atom. The number of hydrogen-bond donors (Lipinski definition) is 2. The largest absolute Gasteiger partial charge is 0.481 e. The van der Waals surface area contributed by atoms with Crippen LogP contribution < -0.4 is 5.32 Å². The molecule has 1 atom stereocenters. The maximum atomic E-state index is 12.2. The number of sulfone groups is 1. The highest BCUT2D eigenvalue weighted by atomic mass is 35.5. The maximum Gasteiger partial charge on any atom is 0.307 e. The topological polar surface area (TPSA) is 83.5 Å². The molecule has 20 heavy (non-hydrogen) atoms. The first-order chi connectivity index (χ1) is 8.82. The van der Waals surface area contributed by atoms with Gasteiger partial charge in [-0.15, -0.1) is 12.4 Å². The number of carbonyl (C=O) groups is 1.